The molecule has 0 saturated carbocycles. The minimum Gasteiger partial charge on any atom is -0.342 e. The largest absolute Gasteiger partial charge is 0.342 e. The second kappa shape index (κ2) is 8.65. The summed E-state index contributed by atoms with van der Waals surface area (Å²) in [6.07, 6.45) is 10.8. The predicted molar refractivity (Wildman–Crippen MR) is 102 cm³/mol. The van der Waals surface area contributed by atoms with Crippen LogP contribution in [0, 0.1) is 5.41 Å². The number of rotatable bonds is 6. The molecule has 2 aliphatic heterocycles. The van der Waals surface area contributed by atoms with Crippen LogP contribution >= 0.6 is 0 Å². The summed E-state index contributed by atoms with van der Waals surface area (Å²) < 4.78 is 0. The highest BCUT2D eigenvalue weighted by Crippen LogP contribution is 2.39. The summed E-state index contributed by atoms with van der Waals surface area (Å²) in [6.45, 7) is 5.53. The number of likely N-dealkylation sites (tertiary alicyclic amines) is 2. The molecule has 2 amide bonds. The van der Waals surface area contributed by atoms with Crippen LogP contribution in [-0.4, -0.2) is 52.8 Å². The molecule has 1 atom stereocenters. The number of pyridine rings is 1. The molecule has 3 rings (SSSR count). The number of amides is 2. The van der Waals surface area contributed by atoms with Crippen LogP contribution in [0.5, 0.6) is 0 Å². The first-order chi connectivity index (χ1) is 12.6. The Hall–Kier alpha value is -1.91. The Labute approximate surface area is 156 Å². The van der Waals surface area contributed by atoms with E-state index in [1.807, 2.05) is 23.2 Å². The number of carbonyl (C=O) groups is 2. The number of aromatic nitrogens is 1. The molecule has 142 valence electrons. The molecule has 0 unspecified atom stereocenters. The zero-order valence-electron chi connectivity index (χ0n) is 16.0. The second-order valence-electron chi connectivity index (χ2n) is 7.95. The fraction of sp³-hybridized carbons (Fsp3) is 0.667. The maximum Gasteiger partial charge on any atom is 0.222 e. The van der Waals surface area contributed by atoms with E-state index in [-0.39, 0.29) is 11.3 Å². The van der Waals surface area contributed by atoms with E-state index in [1.54, 1.807) is 6.20 Å². The summed E-state index contributed by atoms with van der Waals surface area (Å²) in [4.78, 5) is 33.2. The van der Waals surface area contributed by atoms with Crippen LogP contribution in [0.25, 0.3) is 0 Å². The normalized spacial score (nSPS) is 23.5. The van der Waals surface area contributed by atoms with E-state index in [0.29, 0.717) is 18.7 Å². The van der Waals surface area contributed by atoms with Gasteiger partial charge in [0.05, 0.1) is 0 Å². The third-order valence-electron chi connectivity index (χ3n) is 5.89. The van der Waals surface area contributed by atoms with Gasteiger partial charge in [-0.1, -0.05) is 19.4 Å². The molecule has 0 bridgehead atoms. The predicted octanol–water partition coefficient (Wildman–Crippen LogP) is 3.05. The highest BCUT2D eigenvalue weighted by Gasteiger charge is 2.42. The highest BCUT2D eigenvalue weighted by atomic mass is 16.2. The van der Waals surface area contributed by atoms with E-state index in [9.17, 15) is 9.59 Å². The standard InChI is InChI=1S/C21H31N3O2/c1-2-3-13-23-16-21(11-9-20(23)26)10-5-14-24(17-21)19(25)8-7-18-6-4-12-22-15-18/h4,6,12,15H,2-3,5,7-11,13-14,16-17H2,1H3/t21-/m1/s1. The summed E-state index contributed by atoms with van der Waals surface area (Å²) in [6, 6.07) is 3.94. The summed E-state index contributed by atoms with van der Waals surface area (Å²) in [5, 5.41) is 0. The summed E-state index contributed by atoms with van der Waals surface area (Å²) in [5.74, 6) is 0.536. The molecule has 3 heterocycles. The van der Waals surface area contributed by atoms with Gasteiger partial charge in [0, 0.05) is 56.8 Å². The van der Waals surface area contributed by atoms with E-state index < -0.39 is 0 Å². The Bertz CT molecular complexity index is 619. The minimum absolute atomic E-state index is 0.115. The van der Waals surface area contributed by atoms with Crippen LogP contribution in [0.15, 0.2) is 24.5 Å². The molecular formula is C21H31N3O2. The van der Waals surface area contributed by atoms with Crippen molar-refractivity contribution in [2.24, 2.45) is 5.41 Å². The fourth-order valence-electron chi connectivity index (χ4n) is 4.36. The number of hydrogen-bond acceptors (Lipinski definition) is 3. The molecule has 26 heavy (non-hydrogen) atoms. The van der Waals surface area contributed by atoms with Crippen LogP contribution in [0.3, 0.4) is 0 Å². The SMILES string of the molecule is CCCCN1C[C@@]2(CCCN(C(=O)CCc3cccnc3)C2)CCC1=O. The van der Waals surface area contributed by atoms with Gasteiger partial charge in [-0.25, -0.2) is 0 Å². The van der Waals surface area contributed by atoms with Crippen molar-refractivity contribution in [3.63, 3.8) is 0 Å². The van der Waals surface area contributed by atoms with Gasteiger partial charge < -0.3 is 9.80 Å². The second-order valence-corrected chi connectivity index (χ2v) is 7.95. The number of carbonyl (C=O) groups excluding carboxylic acids is 2. The lowest BCUT2D eigenvalue weighted by Crippen LogP contribution is -2.55. The average molecular weight is 357 g/mol. The number of aryl methyl sites for hydroxylation is 1. The number of piperidine rings is 2. The Balaban J connectivity index is 1.57. The Morgan fingerprint density at radius 2 is 2.19 bits per heavy atom. The Kier molecular flexibility index (Phi) is 6.28. The molecule has 0 N–H and O–H groups in total. The van der Waals surface area contributed by atoms with E-state index in [1.165, 1.54) is 0 Å². The fourth-order valence-corrected chi connectivity index (χ4v) is 4.36. The van der Waals surface area contributed by atoms with E-state index in [0.717, 1.165) is 70.3 Å². The first-order valence-electron chi connectivity index (χ1n) is 10.1. The molecule has 0 radical (unpaired) electrons. The van der Waals surface area contributed by atoms with Gasteiger partial charge in [-0.2, -0.15) is 0 Å². The maximum atomic E-state index is 12.7. The number of nitrogens with zero attached hydrogens (tertiary/aromatic N) is 3. The zero-order chi connectivity index (χ0) is 18.4. The molecular weight excluding hydrogens is 326 g/mol. The quantitative estimate of drug-likeness (QED) is 0.786. The van der Waals surface area contributed by atoms with Crippen molar-refractivity contribution >= 4 is 11.8 Å². The van der Waals surface area contributed by atoms with Crippen LogP contribution in [0.4, 0.5) is 0 Å². The number of hydrogen-bond donors (Lipinski definition) is 0. The molecule has 0 aliphatic carbocycles. The van der Waals surface area contributed by atoms with Crippen molar-refractivity contribution in [2.45, 2.75) is 58.3 Å². The van der Waals surface area contributed by atoms with Gasteiger partial charge >= 0.3 is 0 Å². The van der Waals surface area contributed by atoms with Crippen molar-refractivity contribution in [1.82, 2.24) is 14.8 Å². The molecule has 1 aromatic heterocycles. The maximum absolute atomic E-state index is 12.7. The van der Waals surface area contributed by atoms with Gasteiger partial charge in [0.15, 0.2) is 0 Å². The van der Waals surface area contributed by atoms with Gasteiger partial charge in [0.25, 0.3) is 0 Å². The molecule has 1 aromatic rings. The van der Waals surface area contributed by atoms with Crippen molar-refractivity contribution in [3.8, 4) is 0 Å². The number of unbranched alkanes of at least 4 members (excludes halogenated alkanes) is 1. The first-order valence-corrected chi connectivity index (χ1v) is 10.1. The highest BCUT2D eigenvalue weighted by molar-refractivity contribution is 5.78. The van der Waals surface area contributed by atoms with E-state index in [2.05, 4.69) is 16.8 Å². The lowest BCUT2D eigenvalue weighted by atomic mass is 9.73. The third-order valence-corrected chi connectivity index (χ3v) is 5.89. The van der Waals surface area contributed by atoms with Crippen molar-refractivity contribution in [3.05, 3.63) is 30.1 Å². The average Bonchev–Trinajstić information content (AvgIpc) is 2.68. The van der Waals surface area contributed by atoms with E-state index in [4.69, 9.17) is 0 Å². The monoisotopic (exact) mass is 357 g/mol. The van der Waals surface area contributed by atoms with Crippen LogP contribution in [0.1, 0.15) is 57.4 Å². The first kappa shape index (κ1) is 18.9. The molecule has 5 nitrogen and oxygen atoms in total. The van der Waals surface area contributed by atoms with Gasteiger partial charge in [-0.05, 0) is 43.7 Å². The Morgan fingerprint density at radius 3 is 2.96 bits per heavy atom. The summed E-state index contributed by atoms with van der Waals surface area (Å²) >= 11 is 0. The van der Waals surface area contributed by atoms with Crippen molar-refractivity contribution < 1.29 is 9.59 Å². The van der Waals surface area contributed by atoms with E-state index >= 15 is 0 Å². The van der Waals surface area contributed by atoms with Crippen LogP contribution in [-0.2, 0) is 16.0 Å². The van der Waals surface area contributed by atoms with Gasteiger partial charge in [0.1, 0.15) is 0 Å². The van der Waals surface area contributed by atoms with Gasteiger partial charge in [0.2, 0.25) is 11.8 Å². The smallest absolute Gasteiger partial charge is 0.222 e. The van der Waals surface area contributed by atoms with Crippen LogP contribution < -0.4 is 0 Å². The molecule has 5 heteroatoms. The molecule has 2 saturated heterocycles. The lowest BCUT2D eigenvalue weighted by molar-refractivity contribution is -0.143. The lowest BCUT2D eigenvalue weighted by Gasteiger charge is -2.48. The van der Waals surface area contributed by atoms with Crippen LogP contribution in [0.2, 0.25) is 0 Å². The van der Waals surface area contributed by atoms with Gasteiger partial charge in [-0.3, -0.25) is 14.6 Å². The third kappa shape index (κ3) is 4.63. The van der Waals surface area contributed by atoms with Crippen molar-refractivity contribution in [2.75, 3.05) is 26.2 Å². The topological polar surface area (TPSA) is 53.5 Å². The summed E-state index contributed by atoms with van der Waals surface area (Å²) in [7, 11) is 0. The Morgan fingerprint density at radius 1 is 1.31 bits per heavy atom. The minimum atomic E-state index is 0.115. The zero-order valence-corrected chi connectivity index (χ0v) is 16.0. The van der Waals surface area contributed by atoms with Crippen molar-refractivity contribution in [1.29, 1.82) is 0 Å². The molecule has 2 aliphatic rings. The molecule has 0 aromatic carbocycles. The molecule has 1 spiro atoms. The van der Waals surface area contributed by atoms with Gasteiger partial charge in [-0.15, -0.1) is 0 Å². The summed E-state index contributed by atoms with van der Waals surface area (Å²) in [5.41, 5.74) is 1.23. The molecule has 2 fully saturated rings.